The molecule has 0 bridgehead atoms. The van der Waals surface area contributed by atoms with Crippen LogP contribution in [0, 0.1) is 5.92 Å². The zero-order chi connectivity index (χ0) is 12.5. The van der Waals surface area contributed by atoms with E-state index in [1.165, 1.54) is 19.5 Å². The highest BCUT2D eigenvalue weighted by molar-refractivity contribution is 7.22. The van der Waals surface area contributed by atoms with E-state index in [-0.39, 0.29) is 0 Å². The van der Waals surface area contributed by atoms with Crippen molar-refractivity contribution < 1.29 is 0 Å². The topological polar surface area (TPSA) is 28.2 Å². The van der Waals surface area contributed by atoms with Crippen LogP contribution in [0.3, 0.4) is 0 Å². The molecular formula is C13H16ClN3S. The molecule has 0 radical (unpaired) electrons. The maximum atomic E-state index is 5.98. The average Bonchev–Trinajstić information content (AvgIpc) is 2.92. The minimum Gasteiger partial charge on any atom is -0.361 e. The second-order valence-electron chi connectivity index (χ2n) is 4.93. The molecule has 0 amide bonds. The maximum Gasteiger partial charge on any atom is 0.183 e. The van der Waals surface area contributed by atoms with Crippen LogP contribution < -0.4 is 5.32 Å². The van der Waals surface area contributed by atoms with Gasteiger partial charge in [0.1, 0.15) is 0 Å². The Hall–Kier alpha value is -0.840. The van der Waals surface area contributed by atoms with Gasteiger partial charge in [0.15, 0.2) is 5.13 Å². The number of nitrogens with zero attached hydrogens (tertiary/aromatic N) is 2. The van der Waals surface area contributed by atoms with Crippen LogP contribution in [0.1, 0.15) is 6.42 Å². The molecule has 1 N–H and O–H groups in total. The lowest BCUT2D eigenvalue weighted by molar-refractivity contribution is 0.399. The third-order valence-corrected chi connectivity index (χ3v) is 4.59. The van der Waals surface area contributed by atoms with E-state index in [4.69, 9.17) is 11.6 Å². The SMILES string of the molecule is CN1CCC(CNc2nc3ccc(Cl)cc3s2)C1. The number of rotatable bonds is 3. The van der Waals surface area contributed by atoms with Crippen molar-refractivity contribution in [1.29, 1.82) is 0 Å². The monoisotopic (exact) mass is 281 g/mol. The van der Waals surface area contributed by atoms with Gasteiger partial charge in [-0.3, -0.25) is 0 Å². The van der Waals surface area contributed by atoms with Gasteiger partial charge < -0.3 is 10.2 Å². The van der Waals surface area contributed by atoms with Crippen LogP contribution in [0.2, 0.25) is 5.02 Å². The van der Waals surface area contributed by atoms with Gasteiger partial charge in [-0.2, -0.15) is 0 Å². The summed E-state index contributed by atoms with van der Waals surface area (Å²) in [6, 6.07) is 5.84. The van der Waals surface area contributed by atoms with Crippen molar-refractivity contribution in [2.45, 2.75) is 6.42 Å². The molecule has 18 heavy (non-hydrogen) atoms. The summed E-state index contributed by atoms with van der Waals surface area (Å²) in [5, 5.41) is 5.23. The third-order valence-electron chi connectivity index (χ3n) is 3.38. The molecule has 96 valence electrons. The van der Waals surface area contributed by atoms with Crippen LogP contribution in [0.15, 0.2) is 18.2 Å². The van der Waals surface area contributed by atoms with E-state index in [2.05, 4.69) is 22.2 Å². The smallest absolute Gasteiger partial charge is 0.183 e. The Labute approximate surface area is 116 Å². The van der Waals surface area contributed by atoms with Crippen molar-refractivity contribution in [3.05, 3.63) is 23.2 Å². The predicted molar refractivity (Wildman–Crippen MR) is 78.7 cm³/mol. The lowest BCUT2D eigenvalue weighted by atomic mass is 10.1. The largest absolute Gasteiger partial charge is 0.361 e. The molecule has 3 rings (SSSR count). The second-order valence-corrected chi connectivity index (χ2v) is 6.40. The molecule has 1 saturated heterocycles. The molecular weight excluding hydrogens is 266 g/mol. The fourth-order valence-corrected chi connectivity index (χ4v) is 3.55. The van der Waals surface area contributed by atoms with Crippen LogP contribution in [-0.2, 0) is 0 Å². The summed E-state index contributed by atoms with van der Waals surface area (Å²) >= 11 is 7.65. The second kappa shape index (κ2) is 5.03. The van der Waals surface area contributed by atoms with Crippen molar-refractivity contribution in [2.24, 2.45) is 5.92 Å². The molecule has 1 aliphatic rings. The van der Waals surface area contributed by atoms with Crippen molar-refractivity contribution in [3.63, 3.8) is 0 Å². The molecule has 3 nitrogen and oxygen atoms in total. The van der Waals surface area contributed by atoms with Crippen LogP contribution in [0.4, 0.5) is 5.13 Å². The van der Waals surface area contributed by atoms with Crippen molar-refractivity contribution in [2.75, 3.05) is 32.0 Å². The first-order valence-electron chi connectivity index (χ1n) is 6.19. The number of halogens is 1. The number of aromatic nitrogens is 1. The van der Waals surface area contributed by atoms with Gasteiger partial charge in [-0.05, 0) is 44.1 Å². The first kappa shape index (κ1) is 12.2. The quantitative estimate of drug-likeness (QED) is 0.935. The van der Waals surface area contributed by atoms with Crippen LogP contribution >= 0.6 is 22.9 Å². The first-order valence-corrected chi connectivity index (χ1v) is 7.38. The summed E-state index contributed by atoms with van der Waals surface area (Å²) < 4.78 is 1.15. The number of thiazole rings is 1. The van der Waals surface area contributed by atoms with Crippen molar-refractivity contribution >= 4 is 38.3 Å². The van der Waals surface area contributed by atoms with Gasteiger partial charge in [-0.15, -0.1) is 0 Å². The van der Waals surface area contributed by atoms with Crippen molar-refractivity contribution in [3.8, 4) is 0 Å². The Balaban J connectivity index is 1.67. The Morgan fingerprint density at radius 1 is 1.56 bits per heavy atom. The summed E-state index contributed by atoms with van der Waals surface area (Å²) in [5.41, 5.74) is 1.02. The normalized spacial score (nSPS) is 20.7. The number of fused-ring (bicyclic) bond motifs is 1. The van der Waals surface area contributed by atoms with Crippen LogP contribution in [0.5, 0.6) is 0 Å². The zero-order valence-electron chi connectivity index (χ0n) is 10.3. The number of benzene rings is 1. The van der Waals surface area contributed by atoms with Gasteiger partial charge in [0, 0.05) is 18.1 Å². The van der Waals surface area contributed by atoms with Gasteiger partial charge in [0.2, 0.25) is 0 Å². The van der Waals surface area contributed by atoms with E-state index in [1.807, 2.05) is 18.2 Å². The fourth-order valence-electron chi connectivity index (χ4n) is 2.40. The summed E-state index contributed by atoms with van der Waals surface area (Å²) in [7, 11) is 2.18. The van der Waals surface area contributed by atoms with E-state index < -0.39 is 0 Å². The lowest BCUT2D eigenvalue weighted by Gasteiger charge is -2.10. The average molecular weight is 282 g/mol. The molecule has 0 spiro atoms. The van der Waals surface area contributed by atoms with Crippen LogP contribution in [0.25, 0.3) is 10.2 Å². The highest BCUT2D eigenvalue weighted by Crippen LogP contribution is 2.28. The zero-order valence-corrected chi connectivity index (χ0v) is 11.9. The van der Waals surface area contributed by atoms with Gasteiger partial charge in [-0.25, -0.2) is 4.98 Å². The number of nitrogens with one attached hydrogen (secondary N) is 1. The fraction of sp³-hybridized carbons (Fsp3) is 0.462. The molecule has 5 heteroatoms. The summed E-state index contributed by atoms with van der Waals surface area (Å²) in [4.78, 5) is 6.95. The first-order chi connectivity index (χ1) is 8.70. The molecule has 1 atom stereocenters. The van der Waals surface area contributed by atoms with E-state index in [1.54, 1.807) is 11.3 Å². The molecule has 1 aliphatic heterocycles. The summed E-state index contributed by atoms with van der Waals surface area (Å²) in [6.07, 6.45) is 1.28. The third kappa shape index (κ3) is 2.60. The minimum absolute atomic E-state index is 0.741. The number of likely N-dealkylation sites (tertiary alicyclic amines) is 1. The molecule has 0 saturated carbocycles. The molecule has 1 fully saturated rings. The number of hydrogen-bond acceptors (Lipinski definition) is 4. The molecule has 1 aromatic carbocycles. The number of anilines is 1. The summed E-state index contributed by atoms with van der Waals surface area (Å²) in [6.45, 7) is 3.41. The van der Waals surface area contributed by atoms with E-state index >= 15 is 0 Å². The van der Waals surface area contributed by atoms with Gasteiger partial charge >= 0.3 is 0 Å². The van der Waals surface area contributed by atoms with Gasteiger partial charge in [0.05, 0.1) is 10.2 Å². The standard InChI is InChI=1S/C13H16ClN3S/c1-17-5-4-9(8-17)7-15-13-16-11-3-2-10(14)6-12(11)18-13/h2-3,6,9H,4-5,7-8H2,1H3,(H,15,16). The lowest BCUT2D eigenvalue weighted by Crippen LogP contribution is -2.18. The van der Waals surface area contributed by atoms with E-state index in [0.717, 1.165) is 32.8 Å². The highest BCUT2D eigenvalue weighted by atomic mass is 35.5. The van der Waals surface area contributed by atoms with E-state index in [0.29, 0.717) is 0 Å². The predicted octanol–water partition coefficient (Wildman–Crippen LogP) is 3.31. The Morgan fingerprint density at radius 2 is 2.44 bits per heavy atom. The van der Waals surface area contributed by atoms with E-state index in [9.17, 15) is 0 Å². The summed E-state index contributed by atoms with van der Waals surface area (Å²) in [5.74, 6) is 0.741. The Morgan fingerprint density at radius 3 is 3.22 bits per heavy atom. The maximum absolute atomic E-state index is 5.98. The molecule has 0 aliphatic carbocycles. The van der Waals surface area contributed by atoms with Gasteiger partial charge in [-0.1, -0.05) is 22.9 Å². The Kier molecular flexibility index (Phi) is 3.41. The minimum atomic E-state index is 0.741. The highest BCUT2D eigenvalue weighted by Gasteiger charge is 2.19. The Bertz CT molecular complexity index is 554. The van der Waals surface area contributed by atoms with Gasteiger partial charge in [0.25, 0.3) is 0 Å². The molecule has 2 aromatic rings. The molecule has 2 heterocycles. The molecule has 1 unspecified atom stereocenters. The number of hydrogen-bond donors (Lipinski definition) is 1. The molecule has 1 aromatic heterocycles. The van der Waals surface area contributed by atoms with Crippen LogP contribution in [-0.4, -0.2) is 36.6 Å². The van der Waals surface area contributed by atoms with Crippen molar-refractivity contribution in [1.82, 2.24) is 9.88 Å².